The summed E-state index contributed by atoms with van der Waals surface area (Å²) in [4.78, 5) is 2.68. The van der Waals surface area contributed by atoms with Crippen molar-refractivity contribution in [1.29, 1.82) is 0 Å². The maximum atomic E-state index is 6.19. The van der Waals surface area contributed by atoms with Crippen molar-refractivity contribution in [1.82, 2.24) is 4.90 Å². The smallest absolute Gasteiger partial charge is 0.0365 e. The summed E-state index contributed by atoms with van der Waals surface area (Å²) in [6.45, 7) is 4.61. The Morgan fingerprint density at radius 2 is 1.67 bits per heavy atom. The van der Waals surface area contributed by atoms with Gasteiger partial charge in [0, 0.05) is 23.5 Å². The van der Waals surface area contributed by atoms with Gasteiger partial charge in [0.1, 0.15) is 0 Å². The van der Waals surface area contributed by atoms with E-state index in [9.17, 15) is 0 Å². The van der Waals surface area contributed by atoms with Gasteiger partial charge in [0.15, 0.2) is 0 Å². The number of fused-ring (bicyclic) bond motifs is 2. The molecule has 2 aliphatic heterocycles. The van der Waals surface area contributed by atoms with Crippen LogP contribution in [0.15, 0.2) is 0 Å². The number of alkyl halides is 1. The molecule has 2 fully saturated rings. The van der Waals surface area contributed by atoms with Crippen LogP contribution in [0.2, 0.25) is 0 Å². The number of hydrogen-bond donors (Lipinski definition) is 0. The second kappa shape index (κ2) is 3.19. The van der Waals surface area contributed by atoms with E-state index in [1.165, 1.54) is 25.7 Å². The maximum absolute atomic E-state index is 6.19. The molecule has 0 N–H and O–H groups in total. The second-order valence-electron chi connectivity index (χ2n) is 4.49. The molecule has 2 aliphatic rings. The fraction of sp³-hybridized carbons (Fsp3) is 1.00. The molecule has 0 aromatic carbocycles. The third kappa shape index (κ3) is 1.38. The van der Waals surface area contributed by atoms with E-state index in [4.69, 9.17) is 11.6 Å². The Balaban J connectivity index is 2.09. The Morgan fingerprint density at radius 1 is 1.17 bits per heavy atom. The molecule has 0 saturated carbocycles. The first-order valence-electron chi connectivity index (χ1n) is 5.10. The highest BCUT2D eigenvalue weighted by Crippen LogP contribution is 2.38. The lowest BCUT2D eigenvalue weighted by molar-refractivity contribution is 0.106. The molecular formula is C10H18ClN. The van der Waals surface area contributed by atoms with E-state index in [2.05, 4.69) is 18.7 Å². The predicted octanol–water partition coefficient (Wildman–Crippen LogP) is 2.63. The van der Waals surface area contributed by atoms with Crippen LogP contribution in [-0.4, -0.2) is 28.4 Å². The molecule has 2 unspecified atom stereocenters. The van der Waals surface area contributed by atoms with Crippen molar-refractivity contribution in [2.75, 3.05) is 0 Å². The molecule has 2 heterocycles. The van der Waals surface area contributed by atoms with E-state index in [1.54, 1.807) is 0 Å². The minimum atomic E-state index is 0.456. The molecule has 2 atom stereocenters. The lowest BCUT2D eigenvalue weighted by atomic mass is 10.0. The van der Waals surface area contributed by atoms with Crippen molar-refractivity contribution in [2.45, 2.75) is 63.0 Å². The summed E-state index contributed by atoms with van der Waals surface area (Å²) < 4.78 is 0. The topological polar surface area (TPSA) is 3.24 Å². The first-order chi connectivity index (χ1) is 5.68. The van der Waals surface area contributed by atoms with Gasteiger partial charge < -0.3 is 0 Å². The highest BCUT2D eigenvalue weighted by molar-refractivity contribution is 6.20. The molecule has 0 aromatic rings. The summed E-state index contributed by atoms with van der Waals surface area (Å²) in [6.07, 6.45) is 5.20. The number of hydrogen-bond acceptors (Lipinski definition) is 1. The SMILES string of the molecule is CC(C)N1C2CCC1CC(Cl)C2. The maximum Gasteiger partial charge on any atom is 0.0365 e. The van der Waals surface area contributed by atoms with E-state index >= 15 is 0 Å². The van der Waals surface area contributed by atoms with Crippen LogP contribution < -0.4 is 0 Å². The molecule has 0 amide bonds. The van der Waals surface area contributed by atoms with Gasteiger partial charge in [-0.15, -0.1) is 11.6 Å². The van der Waals surface area contributed by atoms with Gasteiger partial charge in [-0.3, -0.25) is 4.90 Å². The highest BCUT2D eigenvalue weighted by atomic mass is 35.5. The first-order valence-corrected chi connectivity index (χ1v) is 5.53. The summed E-state index contributed by atoms with van der Waals surface area (Å²) in [5.41, 5.74) is 0. The predicted molar refractivity (Wildman–Crippen MR) is 52.7 cm³/mol. The van der Waals surface area contributed by atoms with Gasteiger partial charge in [0.2, 0.25) is 0 Å². The van der Waals surface area contributed by atoms with Crippen LogP contribution in [0.1, 0.15) is 39.5 Å². The number of nitrogens with zero attached hydrogens (tertiary/aromatic N) is 1. The van der Waals surface area contributed by atoms with Gasteiger partial charge in [-0.1, -0.05) is 0 Å². The number of rotatable bonds is 1. The minimum absolute atomic E-state index is 0.456. The molecule has 1 nitrogen and oxygen atoms in total. The lowest BCUT2D eigenvalue weighted by Gasteiger charge is -2.39. The average Bonchev–Trinajstić information content (AvgIpc) is 2.24. The van der Waals surface area contributed by atoms with E-state index in [0.29, 0.717) is 11.4 Å². The third-order valence-electron chi connectivity index (χ3n) is 3.33. The van der Waals surface area contributed by atoms with Crippen LogP contribution in [0.5, 0.6) is 0 Å². The van der Waals surface area contributed by atoms with Crippen molar-refractivity contribution in [3.05, 3.63) is 0 Å². The summed E-state index contributed by atoms with van der Waals surface area (Å²) >= 11 is 6.19. The zero-order valence-electron chi connectivity index (χ0n) is 7.96. The Labute approximate surface area is 80.1 Å². The van der Waals surface area contributed by atoms with Gasteiger partial charge in [-0.05, 0) is 39.5 Å². The molecule has 70 valence electrons. The Morgan fingerprint density at radius 3 is 2.08 bits per heavy atom. The molecule has 2 bridgehead atoms. The Bertz CT molecular complexity index is 155. The van der Waals surface area contributed by atoms with Crippen molar-refractivity contribution >= 4 is 11.6 Å². The van der Waals surface area contributed by atoms with Crippen molar-refractivity contribution < 1.29 is 0 Å². The van der Waals surface area contributed by atoms with Crippen LogP contribution in [-0.2, 0) is 0 Å². The zero-order chi connectivity index (χ0) is 8.72. The molecule has 0 aliphatic carbocycles. The van der Waals surface area contributed by atoms with Crippen molar-refractivity contribution in [3.8, 4) is 0 Å². The quantitative estimate of drug-likeness (QED) is 0.571. The van der Waals surface area contributed by atoms with Gasteiger partial charge in [0.05, 0.1) is 0 Å². The average molecular weight is 188 g/mol. The third-order valence-corrected chi connectivity index (χ3v) is 3.68. The van der Waals surface area contributed by atoms with Crippen LogP contribution >= 0.6 is 11.6 Å². The normalized spacial score (nSPS) is 42.5. The van der Waals surface area contributed by atoms with E-state index in [-0.39, 0.29) is 0 Å². The molecule has 0 spiro atoms. The molecular weight excluding hydrogens is 170 g/mol. The van der Waals surface area contributed by atoms with Crippen LogP contribution in [0.4, 0.5) is 0 Å². The monoisotopic (exact) mass is 187 g/mol. The van der Waals surface area contributed by atoms with Crippen LogP contribution in [0.3, 0.4) is 0 Å². The minimum Gasteiger partial charge on any atom is -0.295 e. The second-order valence-corrected chi connectivity index (χ2v) is 5.11. The van der Waals surface area contributed by atoms with Crippen LogP contribution in [0.25, 0.3) is 0 Å². The molecule has 2 heteroatoms. The summed E-state index contributed by atoms with van der Waals surface area (Å²) in [6, 6.07) is 2.31. The van der Waals surface area contributed by atoms with Crippen molar-refractivity contribution in [2.24, 2.45) is 0 Å². The Hall–Kier alpha value is 0.250. The van der Waals surface area contributed by atoms with Crippen molar-refractivity contribution in [3.63, 3.8) is 0 Å². The molecule has 2 saturated heterocycles. The largest absolute Gasteiger partial charge is 0.295 e. The number of piperidine rings is 1. The van der Waals surface area contributed by atoms with E-state index in [0.717, 1.165) is 12.1 Å². The van der Waals surface area contributed by atoms with Gasteiger partial charge >= 0.3 is 0 Å². The van der Waals surface area contributed by atoms with Gasteiger partial charge in [0.25, 0.3) is 0 Å². The summed E-state index contributed by atoms with van der Waals surface area (Å²) in [5, 5.41) is 0.456. The van der Waals surface area contributed by atoms with Gasteiger partial charge in [-0.2, -0.15) is 0 Å². The van der Waals surface area contributed by atoms with E-state index in [1.807, 2.05) is 0 Å². The standard InChI is InChI=1S/C10H18ClN/c1-7(2)12-9-3-4-10(12)6-8(11)5-9/h7-10H,3-6H2,1-2H3. The fourth-order valence-corrected chi connectivity index (χ4v) is 3.40. The Kier molecular flexibility index (Phi) is 2.35. The highest BCUT2D eigenvalue weighted by Gasteiger charge is 2.40. The summed E-state index contributed by atoms with van der Waals surface area (Å²) in [5.74, 6) is 0. The summed E-state index contributed by atoms with van der Waals surface area (Å²) in [7, 11) is 0. The molecule has 0 radical (unpaired) electrons. The van der Waals surface area contributed by atoms with Gasteiger partial charge in [-0.25, -0.2) is 0 Å². The first kappa shape index (κ1) is 8.83. The zero-order valence-corrected chi connectivity index (χ0v) is 8.72. The van der Waals surface area contributed by atoms with E-state index < -0.39 is 0 Å². The molecule has 12 heavy (non-hydrogen) atoms. The molecule has 0 aromatic heterocycles. The fourth-order valence-electron chi connectivity index (χ4n) is 2.99. The van der Waals surface area contributed by atoms with Crippen LogP contribution in [0, 0.1) is 0 Å². The molecule has 2 rings (SSSR count). The number of halogens is 1. The lowest BCUT2D eigenvalue weighted by Crippen LogP contribution is -2.47.